The molecule has 1 fully saturated rings. The lowest BCUT2D eigenvalue weighted by Crippen LogP contribution is -2.26. The molecule has 1 saturated carbocycles. The summed E-state index contributed by atoms with van der Waals surface area (Å²) in [6.45, 7) is 1.90. The third kappa shape index (κ3) is 4.38. The van der Waals surface area contributed by atoms with Crippen LogP contribution in [0.15, 0.2) is 23.1 Å². The smallest absolute Gasteiger partial charge is 0.261 e. The van der Waals surface area contributed by atoms with E-state index in [1.165, 1.54) is 12.1 Å². The molecule has 0 saturated heterocycles. The van der Waals surface area contributed by atoms with Crippen LogP contribution >= 0.6 is 10.7 Å². The zero-order valence-electron chi connectivity index (χ0n) is 11.1. The number of ether oxygens (including phenoxy) is 1. The number of carbonyl (C=O) groups excluding carboxylic acids is 1. The number of halogens is 1. The lowest BCUT2D eigenvalue weighted by atomic mass is 10.2. The first-order chi connectivity index (χ1) is 9.36. The van der Waals surface area contributed by atoms with E-state index < -0.39 is 9.05 Å². The standard InChI is InChI=1S/C13H16ClNO4S/c1-9-8-11(4-5-12(9)20(14,17)18)19-7-6-13(16)15-10-2-3-10/h4-5,8,10H,2-3,6-7H2,1H3,(H,15,16). The second-order valence-corrected chi connectivity index (χ2v) is 7.34. The maximum absolute atomic E-state index is 11.4. The van der Waals surface area contributed by atoms with Crippen LogP contribution in [-0.2, 0) is 13.8 Å². The van der Waals surface area contributed by atoms with Gasteiger partial charge in [-0.15, -0.1) is 0 Å². The molecule has 7 heteroatoms. The minimum Gasteiger partial charge on any atom is -0.493 e. The van der Waals surface area contributed by atoms with Crippen molar-refractivity contribution in [2.75, 3.05) is 6.61 Å². The summed E-state index contributed by atoms with van der Waals surface area (Å²) in [5, 5.41) is 2.86. The molecule has 2 rings (SSSR count). The van der Waals surface area contributed by atoms with Crippen molar-refractivity contribution >= 4 is 25.6 Å². The molecule has 20 heavy (non-hydrogen) atoms. The van der Waals surface area contributed by atoms with Gasteiger partial charge in [0.05, 0.1) is 17.9 Å². The Balaban J connectivity index is 1.87. The number of nitrogens with one attached hydrogen (secondary N) is 1. The first-order valence-electron chi connectivity index (χ1n) is 6.34. The topological polar surface area (TPSA) is 72.5 Å². The number of hydrogen-bond acceptors (Lipinski definition) is 4. The van der Waals surface area contributed by atoms with E-state index in [9.17, 15) is 13.2 Å². The fraction of sp³-hybridized carbons (Fsp3) is 0.462. The van der Waals surface area contributed by atoms with Gasteiger partial charge in [0.25, 0.3) is 9.05 Å². The second kappa shape index (κ2) is 6.01. The molecule has 0 atom stereocenters. The summed E-state index contributed by atoms with van der Waals surface area (Å²) in [6.07, 6.45) is 2.39. The van der Waals surface area contributed by atoms with Crippen molar-refractivity contribution in [2.24, 2.45) is 0 Å². The molecule has 0 spiro atoms. The maximum atomic E-state index is 11.4. The molecule has 0 radical (unpaired) electrons. The average Bonchev–Trinajstić information content (AvgIpc) is 3.11. The molecule has 0 bridgehead atoms. The van der Waals surface area contributed by atoms with E-state index in [1.807, 2.05) is 0 Å². The molecule has 1 N–H and O–H groups in total. The lowest BCUT2D eigenvalue weighted by Gasteiger charge is -2.09. The van der Waals surface area contributed by atoms with Crippen molar-refractivity contribution < 1.29 is 17.9 Å². The number of rotatable bonds is 6. The molecular formula is C13H16ClNO4S. The van der Waals surface area contributed by atoms with Gasteiger partial charge in [-0.2, -0.15) is 0 Å². The second-order valence-electron chi connectivity index (χ2n) is 4.81. The summed E-state index contributed by atoms with van der Waals surface area (Å²) >= 11 is 0. The Labute approximate surface area is 122 Å². The first kappa shape index (κ1) is 15.1. The zero-order valence-corrected chi connectivity index (χ0v) is 12.6. The van der Waals surface area contributed by atoms with E-state index in [1.54, 1.807) is 13.0 Å². The summed E-state index contributed by atoms with van der Waals surface area (Å²) in [5.74, 6) is 0.495. The third-order valence-electron chi connectivity index (χ3n) is 2.95. The lowest BCUT2D eigenvalue weighted by molar-refractivity contribution is -0.121. The summed E-state index contributed by atoms with van der Waals surface area (Å²) < 4.78 is 27.9. The quantitative estimate of drug-likeness (QED) is 0.814. The molecular weight excluding hydrogens is 302 g/mol. The number of benzene rings is 1. The highest BCUT2D eigenvalue weighted by molar-refractivity contribution is 8.13. The van der Waals surface area contributed by atoms with Gasteiger partial charge < -0.3 is 10.1 Å². The SMILES string of the molecule is Cc1cc(OCCC(=O)NC2CC2)ccc1S(=O)(=O)Cl. The van der Waals surface area contributed by atoms with Crippen LogP contribution in [0.1, 0.15) is 24.8 Å². The third-order valence-corrected chi connectivity index (χ3v) is 4.43. The van der Waals surface area contributed by atoms with Crippen LogP contribution in [0.4, 0.5) is 0 Å². The zero-order chi connectivity index (χ0) is 14.8. The van der Waals surface area contributed by atoms with Crippen molar-refractivity contribution in [1.29, 1.82) is 0 Å². The van der Waals surface area contributed by atoms with Crippen LogP contribution in [0.25, 0.3) is 0 Å². The Morgan fingerprint density at radius 3 is 2.70 bits per heavy atom. The van der Waals surface area contributed by atoms with Crippen LogP contribution in [-0.4, -0.2) is 27.0 Å². The molecule has 0 unspecified atom stereocenters. The van der Waals surface area contributed by atoms with Crippen molar-refractivity contribution in [2.45, 2.75) is 37.1 Å². The molecule has 1 aliphatic rings. The molecule has 5 nitrogen and oxygen atoms in total. The Bertz CT molecular complexity index is 611. The number of carbonyl (C=O) groups is 1. The molecule has 0 aromatic heterocycles. The summed E-state index contributed by atoms with van der Waals surface area (Å²) in [6, 6.07) is 4.87. The van der Waals surface area contributed by atoms with Crippen LogP contribution in [0, 0.1) is 6.92 Å². The molecule has 0 aliphatic heterocycles. The van der Waals surface area contributed by atoms with Gasteiger partial charge in [-0.3, -0.25) is 4.79 Å². The number of hydrogen-bond donors (Lipinski definition) is 1. The first-order valence-corrected chi connectivity index (χ1v) is 8.64. The highest BCUT2D eigenvalue weighted by Gasteiger charge is 2.22. The van der Waals surface area contributed by atoms with Gasteiger partial charge in [0.2, 0.25) is 5.91 Å². The number of amides is 1. The van der Waals surface area contributed by atoms with Crippen LogP contribution in [0.2, 0.25) is 0 Å². The Kier molecular flexibility index (Phi) is 4.55. The Morgan fingerprint density at radius 2 is 2.15 bits per heavy atom. The van der Waals surface area contributed by atoms with Crippen LogP contribution in [0.3, 0.4) is 0 Å². The molecule has 1 aliphatic carbocycles. The maximum Gasteiger partial charge on any atom is 0.261 e. The van der Waals surface area contributed by atoms with Crippen LogP contribution < -0.4 is 10.1 Å². The minimum atomic E-state index is -3.74. The van der Waals surface area contributed by atoms with E-state index in [2.05, 4.69) is 5.32 Å². The molecule has 1 aromatic rings. The molecule has 110 valence electrons. The normalized spacial score (nSPS) is 14.9. The Morgan fingerprint density at radius 1 is 1.45 bits per heavy atom. The number of aryl methyl sites for hydroxylation is 1. The largest absolute Gasteiger partial charge is 0.493 e. The monoisotopic (exact) mass is 317 g/mol. The summed E-state index contributed by atoms with van der Waals surface area (Å²) in [7, 11) is 1.56. The fourth-order valence-corrected chi connectivity index (χ4v) is 2.97. The Hall–Kier alpha value is -1.27. The highest BCUT2D eigenvalue weighted by Crippen LogP contribution is 2.24. The van der Waals surface area contributed by atoms with E-state index in [0.717, 1.165) is 12.8 Å². The molecule has 1 amide bonds. The van der Waals surface area contributed by atoms with E-state index in [0.29, 0.717) is 17.4 Å². The highest BCUT2D eigenvalue weighted by atomic mass is 35.7. The van der Waals surface area contributed by atoms with Crippen molar-refractivity contribution in [3.8, 4) is 5.75 Å². The van der Waals surface area contributed by atoms with Gasteiger partial charge in [-0.05, 0) is 43.5 Å². The van der Waals surface area contributed by atoms with Gasteiger partial charge in [-0.25, -0.2) is 8.42 Å². The van der Waals surface area contributed by atoms with Gasteiger partial charge in [0.15, 0.2) is 0 Å². The predicted molar refractivity (Wildman–Crippen MR) is 75.5 cm³/mol. The predicted octanol–water partition coefficient (Wildman–Crippen LogP) is 1.97. The van der Waals surface area contributed by atoms with Gasteiger partial charge in [-0.1, -0.05) is 0 Å². The van der Waals surface area contributed by atoms with Crippen molar-refractivity contribution in [3.05, 3.63) is 23.8 Å². The van der Waals surface area contributed by atoms with Gasteiger partial charge in [0.1, 0.15) is 5.75 Å². The van der Waals surface area contributed by atoms with E-state index >= 15 is 0 Å². The summed E-state index contributed by atoms with van der Waals surface area (Å²) in [5.41, 5.74) is 0.514. The minimum absolute atomic E-state index is 0.0239. The molecule has 0 heterocycles. The van der Waals surface area contributed by atoms with Gasteiger partial charge in [0, 0.05) is 16.7 Å². The van der Waals surface area contributed by atoms with E-state index in [-0.39, 0.29) is 23.8 Å². The van der Waals surface area contributed by atoms with Crippen LogP contribution in [0.5, 0.6) is 5.75 Å². The summed E-state index contributed by atoms with van der Waals surface area (Å²) in [4.78, 5) is 11.5. The van der Waals surface area contributed by atoms with E-state index in [4.69, 9.17) is 15.4 Å². The van der Waals surface area contributed by atoms with Crippen molar-refractivity contribution in [1.82, 2.24) is 5.32 Å². The van der Waals surface area contributed by atoms with Crippen molar-refractivity contribution in [3.63, 3.8) is 0 Å². The molecule has 1 aromatic carbocycles. The average molecular weight is 318 g/mol. The fourth-order valence-electron chi connectivity index (χ4n) is 1.77. The van der Waals surface area contributed by atoms with Gasteiger partial charge >= 0.3 is 0 Å².